The molecule has 2 heterocycles. The molecule has 1 amide bonds. The van der Waals surface area contributed by atoms with Crippen molar-refractivity contribution in [3.63, 3.8) is 0 Å². The number of nitrogens with one attached hydrogen (secondary N) is 1. The summed E-state index contributed by atoms with van der Waals surface area (Å²) in [6.07, 6.45) is 2.17. The highest BCUT2D eigenvalue weighted by Crippen LogP contribution is 2.31. The van der Waals surface area contributed by atoms with Crippen molar-refractivity contribution in [3.05, 3.63) is 53.6 Å². The lowest BCUT2D eigenvalue weighted by atomic mass is 10.1. The molecule has 4 rings (SSSR count). The van der Waals surface area contributed by atoms with Crippen LogP contribution in [0.2, 0.25) is 0 Å². The Morgan fingerprint density at radius 3 is 2.20 bits per heavy atom. The van der Waals surface area contributed by atoms with E-state index in [9.17, 15) is 17.8 Å². The summed E-state index contributed by atoms with van der Waals surface area (Å²) in [7, 11) is -2.70. The Hall–Kier alpha value is -2.65. The van der Waals surface area contributed by atoms with E-state index < -0.39 is 15.6 Å². The number of hydrogen-bond acceptors (Lipinski definition) is 4. The van der Waals surface area contributed by atoms with E-state index in [1.807, 2.05) is 24.0 Å². The molecule has 1 unspecified atom stereocenters. The fourth-order valence-electron chi connectivity index (χ4n) is 4.74. The second kappa shape index (κ2) is 10.1. The smallest absolute Gasteiger partial charge is 0.270 e. The van der Waals surface area contributed by atoms with Crippen molar-refractivity contribution in [1.82, 2.24) is 9.62 Å². The highest BCUT2D eigenvalue weighted by Gasteiger charge is 2.28. The third kappa shape index (κ3) is 5.62. The zero-order valence-electron chi connectivity index (χ0n) is 20.4. The van der Waals surface area contributed by atoms with Crippen LogP contribution in [0.25, 0.3) is 0 Å². The van der Waals surface area contributed by atoms with E-state index in [2.05, 4.69) is 20.4 Å². The SMILES string of the molecule is C=S(=O)(NCC)c1ccc(N2CCCC2)c(C(=O)N2CCN(c3ccc(C(C)(F)F)cc3)CC2)c1. The van der Waals surface area contributed by atoms with Crippen LogP contribution in [0.3, 0.4) is 0 Å². The quantitative estimate of drug-likeness (QED) is 0.580. The van der Waals surface area contributed by atoms with Gasteiger partial charge in [0, 0.05) is 74.6 Å². The molecule has 2 saturated heterocycles. The predicted octanol–water partition coefficient (Wildman–Crippen LogP) is 3.96. The van der Waals surface area contributed by atoms with Gasteiger partial charge in [-0.25, -0.2) is 17.7 Å². The maximum absolute atomic E-state index is 13.7. The molecule has 0 saturated carbocycles. The molecule has 0 spiro atoms. The van der Waals surface area contributed by atoms with E-state index in [0.717, 1.165) is 44.2 Å². The normalized spacial score (nSPS) is 18.6. The van der Waals surface area contributed by atoms with Crippen molar-refractivity contribution in [1.29, 1.82) is 0 Å². The summed E-state index contributed by atoms with van der Waals surface area (Å²) in [6, 6.07) is 11.8. The lowest BCUT2D eigenvalue weighted by Gasteiger charge is -2.37. The van der Waals surface area contributed by atoms with E-state index in [1.165, 1.54) is 12.1 Å². The number of carbonyl (C=O) groups excluding carboxylic acids is 1. The molecular weight excluding hydrogens is 470 g/mol. The standard InChI is InChI=1S/C26H34F2N4O2S/c1-4-29-35(3,34)22-11-12-24(31-13-5-6-14-31)23(19-22)25(33)32-17-15-30(16-18-32)21-9-7-20(8-10-21)26(2,27)28/h7-12,19H,3-6,13-18H2,1-2H3,(H,29,34). The van der Waals surface area contributed by atoms with Crippen LogP contribution < -0.4 is 14.5 Å². The predicted molar refractivity (Wildman–Crippen MR) is 139 cm³/mol. The minimum atomic E-state index is -2.87. The van der Waals surface area contributed by atoms with Crippen molar-refractivity contribution in [2.24, 2.45) is 0 Å². The summed E-state index contributed by atoms with van der Waals surface area (Å²) in [5.41, 5.74) is 2.29. The van der Waals surface area contributed by atoms with Gasteiger partial charge in [0.05, 0.1) is 15.3 Å². The van der Waals surface area contributed by atoms with Gasteiger partial charge in [0.1, 0.15) is 0 Å². The Labute approximate surface area is 207 Å². The summed E-state index contributed by atoms with van der Waals surface area (Å²) < 4.78 is 43.0. The van der Waals surface area contributed by atoms with Gasteiger partial charge >= 0.3 is 0 Å². The first kappa shape index (κ1) is 25.4. The van der Waals surface area contributed by atoms with Crippen LogP contribution in [0.5, 0.6) is 0 Å². The molecule has 6 nitrogen and oxygen atoms in total. The summed E-state index contributed by atoms with van der Waals surface area (Å²) >= 11 is 0. The van der Waals surface area contributed by atoms with Crippen LogP contribution in [-0.4, -0.2) is 66.7 Å². The Morgan fingerprint density at radius 2 is 1.63 bits per heavy atom. The minimum absolute atomic E-state index is 0.0102. The molecular formula is C26H34F2N4O2S. The Morgan fingerprint density at radius 1 is 1.00 bits per heavy atom. The van der Waals surface area contributed by atoms with Crippen molar-refractivity contribution in [3.8, 4) is 0 Å². The molecule has 2 fully saturated rings. The highest BCUT2D eigenvalue weighted by molar-refractivity contribution is 7.98. The van der Waals surface area contributed by atoms with Gasteiger partial charge in [-0.05, 0) is 49.0 Å². The first-order valence-corrected chi connectivity index (χ1v) is 13.9. The van der Waals surface area contributed by atoms with Gasteiger partial charge in [0.25, 0.3) is 11.8 Å². The molecule has 0 radical (unpaired) electrons. The lowest BCUT2D eigenvalue weighted by Crippen LogP contribution is -2.49. The molecule has 190 valence electrons. The van der Waals surface area contributed by atoms with Gasteiger partial charge in [0.15, 0.2) is 0 Å². The van der Waals surface area contributed by atoms with Crippen LogP contribution in [0, 0.1) is 0 Å². The van der Waals surface area contributed by atoms with Gasteiger partial charge in [-0.2, -0.15) is 0 Å². The topological polar surface area (TPSA) is 55.9 Å². The van der Waals surface area contributed by atoms with Crippen LogP contribution in [0.1, 0.15) is 42.6 Å². The monoisotopic (exact) mass is 504 g/mol. The summed E-state index contributed by atoms with van der Waals surface area (Å²) in [4.78, 5) is 20.3. The average Bonchev–Trinajstić information content (AvgIpc) is 3.38. The maximum atomic E-state index is 13.7. The molecule has 2 aromatic carbocycles. The number of benzene rings is 2. The number of nitrogens with zero attached hydrogens (tertiary/aromatic N) is 3. The summed E-state index contributed by atoms with van der Waals surface area (Å²) in [5.74, 6) is 0.911. The van der Waals surface area contributed by atoms with Crippen molar-refractivity contribution in [2.75, 3.05) is 55.6 Å². The van der Waals surface area contributed by atoms with E-state index in [-0.39, 0.29) is 11.5 Å². The fourth-order valence-corrected chi connectivity index (χ4v) is 5.97. The number of anilines is 2. The highest BCUT2D eigenvalue weighted by atomic mass is 32.2. The molecule has 9 heteroatoms. The van der Waals surface area contributed by atoms with Gasteiger partial charge in [-0.1, -0.05) is 19.1 Å². The summed E-state index contributed by atoms with van der Waals surface area (Å²) in [5, 5.41) is 0. The van der Waals surface area contributed by atoms with Crippen LogP contribution in [0.4, 0.5) is 20.2 Å². The fraction of sp³-hybridized carbons (Fsp3) is 0.462. The van der Waals surface area contributed by atoms with Gasteiger partial charge in [-0.3, -0.25) is 4.79 Å². The van der Waals surface area contributed by atoms with Crippen molar-refractivity contribution in [2.45, 2.75) is 37.5 Å². The zero-order chi connectivity index (χ0) is 25.2. The van der Waals surface area contributed by atoms with Gasteiger partial charge in [-0.15, -0.1) is 0 Å². The largest absolute Gasteiger partial charge is 0.371 e. The zero-order valence-corrected chi connectivity index (χ0v) is 21.3. The summed E-state index contributed by atoms with van der Waals surface area (Å²) in [6.45, 7) is 7.31. The lowest BCUT2D eigenvalue weighted by molar-refractivity contribution is 0.0175. The van der Waals surface area contributed by atoms with Gasteiger partial charge in [0.2, 0.25) is 0 Å². The third-order valence-corrected chi connectivity index (χ3v) is 8.48. The Balaban J connectivity index is 1.53. The van der Waals surface area contributed by atoms with E-state index >= 15 is 0 Å². The molecule has 0 aliphatic carbocycles. The van der Waals surface area contributed by atoms with E-state index in [1.54, 1.807) is 18.2 Å². The van der Waals surface area contributed by atoms with E-state index in [0.29, 0.717) is 43.2 Å². The van der Waals surface area contributed by atoms with Gasteiger partial charge < -0.3 is 14.7 Å². The van der Waals surface area contributed by atoms with E-state index in [4.69, 9.17) is 0 Å². The second-order valence-corrected chi connectivity index (χ2v) is 11.4. The number of alkyl halides is 2. The van der Waals surface area contributed by atoms with Crippen LogP contribution in [-0.2, 0) is 15.6 Å². The number of amides is 1. The molecule has 2 aromatic rings. The van der Waals surface area contributed by atoms with Crippen LogP contribution in [0.15, 0.2) is 47.4 Å². The number of carbonyl (C=O) groups is 1. The van der Waals surface area contributed by atoms with Crippen molar-refractivity contribution < 1.29 is 17.8 Å². The Bertz CT molecular complexity index is 1150. The Kier molecular flexibility index (Phi) is 7.38. The molecule has 0 bridgehead atoms. The molecule has 1 atom stereocenters. The molecule has 0 aromatic heterocycles. The number of hydrogen-bond donors (Lipinski definition) is 1. The molecule has 35 heavy (non-hydrogen) atoms. The molecule has 1 N–H and O–H groups in total. The second-order valence-electron chi connectivity index (χ2n) is 9.26. The minimum Gasteiger partial charge on any atom is -0.371 e. The first-order valence-electron chi connectivity index (χ1n) is 12.1. The third-order valence-electron chi connectivity index (χ3n) is 6.71. The molecule has 2 aliphatic rings. The van der Waals surface area contributed by atoms with Crippen LogP contribution >= 0.6 is 0 Å². The first-order chi connectivity index (χ1) is 16.6. The number of halogens is 2. The maximum Gasteiger partial charge on any atom is 0.270 e. The van der Waals surface area contributed by atoms with Crippen molar-refractivity contribution >= 4 is 32.9 Å². The average molecular weight is 505 g/mol. The molecule has 2 aliphatic heterocycles. The number of piperazine rings is 1. The number of rotatable bonds is 7.